The Bertz CT molecular complexity index is 1370. The lowest BCUT2D eigenvalue weighted by Gasteiger charge is -2.35. The van der Waals surface area contributed by atoms with Crippen molar-refractivity contribution in [2.24, 2.45) is 11.8 Å². The third-order valence-electron chi connectivity index (χ3n) is 7.17. The smallest absolute Gasteiger partial charge is 0.277 e. The van der Waals surface area contributed by atoms with E-state index in [-0.39, 0.29) is 17.2 Å². The second-order valence-electron chi connectivity index (χ2n) is 9.59. The first-order valence-corrected chi connectivity index (χ1v) is 13.6. The van der Waals surface area contributed by atoms with E-state index < -0.39 is 0 Å². The van der Waals surface area contributed by atoms with Crippen LogP contribution in [-0.2, 0) is 4.79 Å². The molecular weight excluding hydrogens is 492 g/mol. The molecule has 1 aliphatic rings. The Kier molecular flexibility index (Phi) is 7.30. The van der Waals surface area contributed by atoms with Gasteiger partial charge in [0.25, 0.3) is 5.22 Å². The molecule has 2 aromatic carbocycles. The first-order chi connectivity index (χ1) is 17.4. The molecule has 1 N–H and O–H groups in total. The number of halogens is 1. The summed E-state index contributed by atoms with van der Waals surface area (Å²) in [7, 11) is 0. The van der Waals surface area contributed by atoms with Crippen molar-refractivity contribution in [1.29, 1.82) is 0 Å². The Morgan fingerprint density at radius 2 is 1.89 bits per heavy atom. The van der Waals surface area contributed by atoms with E-state index in [4.69, 9.17) is 21.0 Å². The maximum Gasteiger partial charge on any atom is 0.277 e. The van der Waals surface area contributed by atoms with Crippen molar-refractivity contribution in [1.82, 2.24) is 20.5 Å². The van der Waals surface area contributed by atoms with Gasteiger partial charge in [-0.1, -0.05) is 80.4 Å². The number of pyridine rings is 1. The predicted octanol–water partition coefficient (Wildman–Crippen LogP) is 7.03. The Hall–Kier alpha value is -2.90. The van der Waals surface area contributed by atoms with E-state index in [1.54, 1.807) is 0 Å². The van der Waals surface area contributed by atoms with E-state index in [1.807, 2.05) is 61.5 Å². The highest BCUT2D eigenvalue weighted by atomic mass is 35.5. The van der Waals surface area contributed by atoms with E-state index in [0.717, 1.165) is 40.6 Å². The van der Waals surface area contributed by atoms with E-state index in [9.17, 15) is 4.79 Å². The van der Waals surface area contributed by atoms with Crippen molar-refractivity contribution in [3.05, 3.63) is 59.6 Å². The lowest BCUT2D eigenvalue weighted by molar-refractivity contribution is -0.121. The molecule has 1 fully saturated rings. The molecule has 0 spiro atoms. The second kappa shape index (κ2) is 10.6. The molecule has 0 unspecified atom stereocenters. The van der Waals surface area contributed by atoms with Gasteiger partial charge in [-0.2, -0.15) is 0 Å². The van der Waals surface area contributed by atoms with Crippen LogP contribution in [0.15, 0.2) is 64.2 Å². The fourth-order valence-corrected chi connectivity index (χ4v) is 5.60. The van der Waals surface area contributed by atoms with Crippen LogP contribution in [0.1, 0.15) is 40.0 Å². The summed E-state index contributed by atoms with van der Waals surface area (Å²) >= 11 is 7.35. The van der Waals surface area contributed by atoms with Gasteiger partial charge in [0.05, 0.1) is 22.0 Å². The molecule has 6 nitrogen and oxygen atoms in total. The van der Waals surface area contributed by atoms with Crippen LogP contribution in [0, 0.1) is 11.8 Å². The largest absolute Gasteiger partial charge is 0.411 e. The number of benzene rings is 2. The third kappa shape index (κ3) is 5.27. The highest BCUT2D eigenvalue weighted by Crippen LogP contribution is 2.34. The molecule has 186 valence electrons. The molecule has 2 heterocycles. The number of hydrogen-bond donors (Lipinski definition) is 1. The Balaban J connectivity index is 1.37. The monoisotopic (exact) mass is 520 g/mol. The SMILES string of the molecule is C[C@H]1[C@H](C)CCC[C@H]1NC(=O)[C@H](C)Sc1nnc(-c2cc(-c3ccc(Cl)cc3)nc3ccccc23)o1. The number of amides is 1. The maximum absolute atomic E-state index is 12.9. The highest BCUT2D eigenvalue weighted by Gasteiger charge is 2.30. The summed E-state index contributed by atoms with van der Waals surface area (Å²) in [5, 5.41) is 13.4. The molecule has 8 heteroatoms. The third-order valence-corrected chi connectivity index (χ3v) is 8.36. The molecule has 1 amide bonds. The van der Waals surface area contributed by atoms with Gasteiger partial charge in [-0.3, -0.25) is 4.79 Å². The van der Waals surface area contributed by atoms with E-state index >= 15 is 0 Å². The molecule has 0 bridgehead atoms. The van der Waals surface area contributed by atoms with Gasteiger partial charge in [-0.25, -0.2) is 4.98 Å². The fraction of sp³-hybridized carbons (Fsp3) is 0.357. The zero-order valence-electron chi connectivity index (χ0n) is 20.6. The minimum Gasteiger partial charge on any atom is -0.411 e. The van der Waals surface area contributed by atoms with Crippen LogP contribution >= 0.6 is 23.4 Å². The number of fused-ring (bicyclic) bond motifs is 1. The molecular formula is C28H29ClN4O2S. The molecule has 4 aromatic rings. The number of nitrogens with zero attached hydrogens (tertiary/aromatic N) is 3. The Labute approximate surface area is 220 Å². The van der Waals surface area contributed by atoms with Gasteiger partial charge in [-0.05, 0) is 49.4 Å². The molecule has 36 heavy (non-hydrogen) atoms. The minimum atomic E-state index is -0.346. The van der Waals surface area contributed by atoms with Gasteiger partial charge in [0.1, 0.15) is 0 Å². The number of rotatable bonds is 6. The summed E-state index contributed by atoms with van der Waals surface area (Å²) in [4.78, 5) is 17.7. The van der Waals surface area contributed by atoms with Crippen molar-refractivity contribution in [2.45, 2.75) is 56.5 Å². The van der Waals surface area contributed by atoms with Crippen LogP contribution < -0.4 is 5.32 Å². The van der Waals surface area contributed by atoms with Crippen molar-refractivity contribution in [3.8, 4) is 22.7 Å². The van der Waals surface area contributed by atoms with Gasteiger partial charge < -0.3 is 9.73 Å². The summed E-state index contributed by atoms with van der Waals surface area (Å²) in [6.07, 6.45) is 3.42. The van der Waals surface area contributed by atoms with E-state index in [1.165, 1.54) is 18.2 Å². The zero-order valence-corrected chi connectivity index (χ0v) is 22.1. The predicted molar refractivity (Wildman–Crippen MR) is 145 cm³/mol. The molecule has 4 atom stereocenters. The van der Waals surface area contributed by atoms with Gasteiger partial charge in [0.15, 0.2) is 0 Å². The van der Waals surface area contributed by atoms with Crippen LogP contribution in [0.2, 0.25) is 5.02 Å². The number of aromatic nitrogens is 3. The minimum absolute atomic E-state index is 0.00471. The van der Waals surface area contributed by atoms with Crippen molar-refractivity contribution < 1.29 is 9.21 Å². The molecule has 5 rings (SSSR count). The lowest BCUT2D eigenvalue weighted by atomic mass is 9.78. The summed E-state index contributed by atoms with van der Waals surface area (Å²) in [5.74, 6) is 1.50. The van der Waals surface area contributed by atoms with Crippen LogP contribution in [0.5, 0.6) is 0 Å². The zero-order chi connectivity index (χ0) is 25.2. The quantitative estimate of drug-likeness (QED) is 0.275. The summed E-state index contributed by atoms with van der Waals surface area (Å²) in [6, 6.07) is 17.6. The van der Waals surface area contributed by atoms with Crippen LogP contribution in [0.25, 0.3) is 33.6 Å². The van der Waals surface area contributed by atoms with Crippen LogP contribution in [0.4, 0.5) is 0 Å². The van der Waals surface area contributed by atoms with E-state index in [0.29, 0.717) is 28.0 Å². The maximum atomic E-state index is 12.9. The van der Waals surface area contributed by atoms with Gasteiger partial charge >= 0.3 is 0 Å². The number of carbonyl (C=O) groups is 1. The standard InChI is InChI=1S/C28H29ClN4O2S/c1-16-7-6-10-23(17(16)2)31-26(34)18(3)36-28-33-32-27(35-28)22-15-25(19-11-13-20(29)14-12-19)30-24-9-5-4-8-21(22)24/h4-5,8-9,11-18,23H,6-7,10H2,1-3H3,(H,31,34)/t16-,17+,18+,23-/m1/s1. The molecule has 1 saturated carbocycles. The summed E-state index contributed by atoms with van der Waals surface area (Å²) in [6.45, 7) is 6.37. The number of hydrogen-bond acceptors (Lipinski definition) is 6. The van der Waals surface area contributed by atoms with Gasteiger partial charge in [-0.15, -0.1) is 10.2 Å². The molecule has 1 aliphatic carbocycles. The highest BCUT2D eigenvalue weighted by molar-refractivity contribution is 8.00. The van der Waals surface area contributed by atoms with Crippen molar-refractivity contribution in [2.75, 3.05) is 0 Å². The Morgan fingerprint density at radius 1 is 1.11 bits per heavy atom. The van der Waals surface area contributed by atoms with Crippen molar-refractivity contribution >= 4 is 40.2 Å². The number of nitrogens with one attached hydrogen (secondary N) is 1. The average Bonchev–Trinajstić information content (AvgIpc) is 3.34. The lowest BCUT2D eigenvalue weighted by Crippen LogP contribution is -2.46. The second-order valence-corrected chi connectivity index (χ2v) is 11.3. The van der Waals surface area contributed by atoms with Crippen molar-refractivity contribution in [3.63, 3.8) is 0 Å². The Morgan fingerprint density at radius 3 is 2.69 bits per heavy atom. The number of thioether (sulfide) groups is 1. The first kappa shape index (κ1) is 24.8. The van der Waals surface area contributed by atoms with Crippen LogP contribution in [0.3, 0.4) is 0 Å². The molecule has 0 saturated heterocycles. The van der Waals surface area contributed by atoms with Gasteiger partial charge in [0, 0.05) is 22.0 Å². The normalized spacial score (nSPS) is 20.8. The number of para-hydroxylation sites is 1. The van der Waals surface area contributed by atoms with E-state index in [2.05, 4.69) is 29.4 Å². The summed E-state index contributed by atoms with van der Waals surface area (Å²) in [5.41, 5.74) is 3.36. The van der Waals surface area contributed by atoms with Crippen LogP contribution in [-0.4, -0.2) is 32.4 Å². The molecule has 2 aromatic heterocycles. The first-order valence-electron chi connectivity index (χ1n) is 12.4. The number of carbonyl (C=O) groups excluding carboxylic acids is 1. The average molecular weight is 521 g/mol. The van der Waals surface area contributed by atoms with Gasteiger partial charge in [0.2, 0.25) is 11.8 Å². The molecule has 0 radical (unpaired) electrons. The molecule has 0 aliphatic heterocycles. The fourth-order valence-electron chi connectivity index (χ4n) is 4.78. The summed E-state index contributed by atoms with van der Waals surface area (Å²) < 4.78 is 6.05. The topological polar surface area (TPSA) is 80.9 Å².